The molecule has 0 bridgehead atoms. The third-order valence-corrected chi connectivity index (χ3v) is 12.7. The summed E-state index contributed by atoms with van der Waals surface area (Å²) in [5, 5.41) is 54.4. The van der Waals surface area contributed by atoms with Gasteiger partial charge in [-0.25, -0.2) is 0 Å². The number of aliphatic hydroxyl groups is 5. The summed E-state index contributed by atoms with van der Waals surface area (Å²) in [5.41, 5.74) is 0. The highest BCUT2D eigenvalue weighted by atomic mass is 16.7. The second-order valence-electron chi connectivity index (χ2n) is 18.7. The molecular formula is C54H101NO8. The molecule has 1 aliphatic heterocycles. The van der Waals surface area contributed by atoms with Gasteiger partial charge < -0.3 is 40.3 Å². The van der Waals surface area contributed by atoms with Gasteiger partial charge in [0.05, 0.1) is 25.4 Å². The minimum absolute atomic E-state index is 0.187. The standard InChI is InChI=1S/C54H101NO8/c1-3-5-7-9-11-13-15-17-19-21-23-24-26-27-29-31-33-35-37-39-41-43-48(57)47(46-62-54-53(61)52(60)51(59)49(45-56)63-54)55-50(58)44-42-40-38-36-34-32-30-28-25-22-20-18-16-14-12-10-8-6-4-2/h18,20,33,35,41,43,47-49,51-54,56-57,59-61H,3-17,19,21-32,34,36-40,42,44-46H2,1-2H3,(H,55,58)/b20-18-,35-33+,43-41+. The van der Waals surface area contributed by atoms with Gasteiger partial charge in [-0.05, 0) is 57.8 Å². The van der Waals surface area contributed by atoms with Crippen LogP contribution in [-0.4, -0.2) is 87.5 Å². The summed E-state index contributed by atoms with van der Waals surface area (Å²) in [5.74, 6) is -0.187. The van der Waals surface area contributed by atoms with Gasteiger partial charge in [0.1, 0.15) is 24.4 Å². The van der Waals surface area contributed by atoms with Crippen molar-refractivity contribution in [3.63, 3.8) is 0 Å². The number of carbonyl (C=O) groups excluding carboxylic acids is 1. The zero-order valence-electron chi connectivity index (χ0n) is 40.8. The number of hydrogen-bond donors (Lipinski definition) is 6. The Morgan fingerprint density at radius 2 is 0.905 bits per heavy atom. The molecule has 6 N–H and O–H groups in total. The average Bonchev–Trinajstić information content (AvgIpc) is 3.28. The van der Waals surface area contributed by atoms with Gasteiger partial charge >= 0.3 is 0 Å². The molecule has 9 nitrogen and oxygen atoms in total. The van der Waals surface area contributed by atoms with Gasteiger partial charge in [-0.1, -0.05) is 217 Å². The molecule has 0 radical (unpaired) electrons. The summed E-state index contributed by atoms with van der Waals surface area (Å²) in [6, 6.07) is -0.822. The SMILES string of the molecule is CCCCCCCC/C=C\CCCCCCCCCCCC(=O)NC(COC1OC(CO)C(O)C(O)C1O)C(O)/C=C/CC/C=C/CCCCCCCCCCCCCCCCC. The Balaban J connectivity index is 2.30. The number of rotatable bonds is 45. The van der Waals surface area contributed by atoms with E-state index in [1.165, 1.54) is 186 Å². The summed E-state index contributed by atoms with van der Waals surface area (Å²) < 4.78 is 11.2. The van der Waals surface area contributed by atoms with Crippen molar-refractivity contribution >= 4 is 5.91 Å². The second kappa shape index (κ2) is 44.3. The van der Waals surface area contributed by atoms with E-state index in [-0.39, 0.29) is 12.5 Å². The average molecular weight is 892 g/mol. The largest absolute Gasteiger partial charge is 0.394 e. The maximum atomic E-state index is 13.0. The van der Waals surface area contributed by atoms with E-state index in [0.29, 0.717) is 6.42 Å². The van der Waals surface area contributed by atoms with Crippen LogP contribution in [0.5, 0.6) is 0 Å². The highest BCUT2D eigenvalue weighted by molar-refractivity contribution is 5.76. The van der Waals surface area contributed by atoms with E-state index < -0.39 is 49.5 Å². The van der Waals surface area contributed by atoms with Crippen LogP contribution < -0.4 is 5.32 Å². The molecule has 63 heavy (non-hydrogen) atoms. The Hall–Kier alpha value is -1.59. The van der Waals surface area contributed by atoms with Crippen molar-refractivity contribution < 1.29 is 39.8 Å². The van der Waals surface area contributed by atoms with Gasteiger partial charge in [-0.3, -0.25) is 4.79 Å². The van der Waals surface area contributed by atoms with Crippen LogP contribution in [0.1, 0.15) is 245 Å². The molecule has 7 unspecified atom stereocenters. The third-order valence-electron chi connectivity index (χ3n) is 12.7. The van der Waals surface area contributed by atoms with Gasteiger partial charge in [0.25, 0.3) is 0 Å². The first kappa shape index (κ1) is 59.4. The highest BCUT2D eigenvalue weighted by Gasteiger charge is 2.44. The lowest BCUT2D eigenvalue weighted by Gasteiger charge is -2.40. The van der Waals surface area contributed by atoms with Crippen LogP contribution in [0.25, 0.3) is 0 Å². The molecule has 1 aliphatic rings. The Labute approximate surface area is 387 Å². The van der Waals surface area contributed by atoms with E-state index in [9.17, 15) is 30.3 Å². The number of carbonyl (C=O) groups is 1. The van der Waals surface area contributed by atoms with E-state index in [2.05, 4.69) is 43.5 Å². The van der Waals surface area contributed by atoms with Gasteiger partial charge in [0.15, 0.2) is 6.29 Å². The predicted octanol–water partition coefficient (Wildman–Crippen LogP) is 12.4. The molecule has 1 saturated heterocycles. The zero-order valence-corrected chi connectivity index (χ0v) is 40.8. The monoisotopic (exact) mass is 892 g/mol. The Morgan fingerprint density at radius 1 is 0.524 bits per heavy atom. The zero-order chi connectivity index (χ0) is 45.9. The number of aliphatic hydroxyl groups excluding tert-OH is 5. The van der Waals surface area contributed by atoms with Crippen molar-refractivity contribution in [2.75, 3.05) is 13.2 Å². The topological polar surface area (TPSA) is 149 Å². The number of nitrogens with one attached hydrogen (secondary N) is 1. The lowest BCUT2D eigenvalue weighted by Crippen LogP contribution is -2.60. The van der Waals surface area contributed by atoms with Crippen LogP contribution in [0.4, 0.5) is 0 Å². The third kappa shape index (κ3) is 34.4. The molecule has 9 heteroatoms. The first-order chi connectivity index (χ1) is 30.8. The van der Waals surface area contributed by atoms with Gasteiger partial charge in [0, 0.05) is 6.42 Å². The molecule has 0 saturated carbocycles. The Morgan fingerprint density at radius 3 is 1.33 bits per heavy atom. The molecule has 1 amide bonds. The van der Waals surface area contributed by atoms with E-state index >= 15 is 0 Å². The molecule has 0 aromatic rings. The van der Waals surface area contributed by atoms with Crippen LogP contribution in [0.2, 0.25) is 0 Å². The van der Waals surface area contributed by atoms with E-state index in [1.54, 1.807) is 6.08 Å². The molecule has 7 atom stereocenters. The van der Waals surface area contributed by atoms with Gasteiger partial charge in [-0.15, -0.1) is 0 Å². The van der Waals surface area contributed by atoms with Crippen molar-refractivity contribution in [1.82, 2.24) is 5.32 Å². The summed E-state index contributed by atoms with van der Waals surface area (Å²) in [6.07, 6.45) is 49.1. The smallest absolute Gasteiger partial charge is 0.220 e. The Kier molecular flexibility index (Phi) is 41.7. The Bertz CT molecular complexity index is 1080. The van der Waals surface area contributed by atoms with Crippen LogP contribution in [0, 0.1) is 0 Å². The predicted molar refractivity (Wildman–Crippen MR) is 263 cm³/mol. The maximum absolute atomic E-state index is 13.0. The normalized spacial score (nSPS) is 20.4. The fourth-order valence-electron chi connectivity index (χ4n) is 8.40. The van der Waals surface area contributed by atoms with Crippen LogP contribution in [-0.2, 0) is 14.3 Å². The molecule has 1 fully saturated rings. The lowest BCUT2D eigenvalue weighted by atomic mass is 9.99. The summed E-state index contributed by atoms with van der Waals surface area (Å²) in [7, 11) is 0. The fourth-order valence-corrected chi connectivity index (χ4v) is 8.40. The summed E-state index contributed by atoms with van der Waals surface area (Å²) in [6.45, 7) is 3.77. The molecule has 1 heterocycles. The molecule has 0 aliphatic carbocycles. The minimum atomic E-state index is -1.57. The van der Waals surface area contributed by atoms with Crippen LogP contribution in [0.15, 0.2) is 36.5 Å². The number of hydrogen-bond acceptors (Lipinski definition) is 8. The van der Waals surface area contributed by atoms with Gasteiger partial charge in [-0.2, -0.15) is 0 Å². The molecule has 0 spiro atoms. The van der Waals surface area contributed by atoms with Crippen molar-refractivity contribution in [1.29, 1.82) is 0 Å². The number of amides is 1. The molecule has 370 valence electrons. The molecule has 0 aromatic heterocycles. The molecular weight excluding hydrogens is 791 g/mol. The van der Waals surface area contributed by atoms with Crippen LogP contribution in [0.3, 0.4) is 0 Å². The maximum Gasteiger partial charge on any atom is 0.220 e. The first-order valence-corrected chi connectivity index (χ1v) is 26.7. The summed E-state index contributed by atoms with van der Waals surface area (Å²) in [4.78, 5) is 13.0. The van der Waals surface area contributed by atoms with Crippen molar-refractivity contribution in [3.05, 3.63) is 36.5 Å². The number of ether oxygens (including phenoxy) is 2. The minimum Gasteiger partial charge on any atom is -0.394 e. The van der Waals surface area contributed by atoms with Crippen molar-refractivity contribution in [2.45, 2.75) is 288 Å². The van der Waals surface area contributed by atoms with Gasteiger partial charge in [0.2, 0.25) is 5.91 Å². The lowest BCUT2D eigenvalue weighted by molar-refractivity contribution is -0.302. The molecule has 1 rings (SSSR count). The second-order valence-corrected chi connectivity index (χ2v) is 18.7. The van der Waals surface area contributed by atoms with Crippen molar-refractivity contribution in [3.8, 4) is 0 Å². The molecule has 0 aromatic carbocycles. The number of allylic oxidation sites excluding steroid dienone is 5. The fraction of sp³-hybridized carbons (Fsp3) is 0.870. The highest BCUT2D eigenvalue weighted by Crippen LogP contribution is 2.23. The van der Waals surface area contributed by atoms with Crippen molar-refractivity contribution in [2.24, 2.45) is 0 Å². The summed E-state index contributed by atoms with van der Waals surface area (Å²) >= 11 is 0. The van der Waals surface area contributed by atoms with E-state index in [1.807, 2.05) is 6.08 Å². The first-order valence-electron chi connectivity index (χ1n) is 26.7. The van der Waals surface area contributed by atoms with Crippen LogP contribution >= 0.6 is 0 Å². The van der Waals surface area contributed by atoms with E-state index in [4.69, 9.17) is 9.47 Å². The quantitative estimate of drug-likeness (QED) is 0.0261. The number of unbranched alkanes of at least 4 members (excludes halogenated alkanes) is 31. The van der Waals surface area contributed by atoms with E-state index in [0.717, 1.165) is 38.5 Å².